The molecule has 1 rings (SSSR count). The van der Waals surface area contributed by atoms with E-state index in [0.717, 1.165) is 24.8 Å². The van der Waals surface area contributed by atoms with Crippen LogP contribution in [0.5, 0.6) is 0 Å². The average molecular weight is 211 g/mol. The minimum Gasteiger partial charge on any atom is -0.250 e. The standard InChI is InChI=1S/C13H17F2/c1-3-4-5-11-6-12(10(2)9-14)8-13(15)7-11/h6-8H,3-5,9H2,1-2H3. The summed E-state index contributed by atoms with van der Waals surface area (Å²) in [5.41, 5.74) is 1.64. The number of halogens is 2. The summed E-state index contributed by atoms with van der Waals surface area (Å²) in [6.07, 6.45) is 2.98. The predicted molar refractivity (Wildman–Crippen MR) is 59.0 cm³/mol. The van der Waals surface area contributed by atoms with Gasteiger partial charge in [-0.05, 0) is 36.1 Å². The van der Waals surface area contributed by atoms with Crippen LogP contribution in [0.4, 0.5) is 8.78 Å². The lowest BCUT2D eigenvalue weighted by molar-refractivity contribution is 0.515. The largest absolute Gasteiger partial charge is 0.250 e. The number of benzene rings is 1. The van der Waals surface area contributed by atoms with Gasteiger partial charge in [0.15, 0.2) is 0 Å². The molecule has 1 aromatic rings. The number of aryl methyl sites for hydroxylation is 1. The summed E-state index contributed by atoms with van der Waals surface area (Å²) >= 11 is 0. The first kappa shape index (κ1) is 12.2. The van der Waals surface area contributed by atoms with Crippen molar-refractivity contribution in [3.05, 3.63) is 41.1 Å². The molecule has 0 bridgehead atoms. The highest BCUT2D eigenvalue weighted by molar-refractivity contribution is 5.34. The summed E-state index contributed by atoms with van der Waals surface area (Å²) < 4.78 is 25.6. The fourth-order valence-corrected chi connectivity index (χ4v) is 1.50. The molecule has 0 spiro atoms. The van der Waals surface area contributed by atoms with Gasteiger partial charge in [-0.1, -0.05) is 26.3 Å². The summed E-state index contributed by atoms with van der Waals surface area (Å²) in [4.78, 5) is 0. The molecule has 15 heavy (non-hydrogen) atoms. The van der Waals surface area contributed by atoms with Crippen molar-refractivity contribution in [3.63, 3.8) is 0 Å². The third kappa shape index (κ3) is 3.61. The van der Waals surface area contributed by atoms with Gasteiger partial charge in [-0.15, -0.1) is 0 Å². The number of unbranched alkanes of at least 4 members (excludes halogenated alkanes) is 1. The van der Waals surface area contributed by atoms with Crippen LogP contribution in [0.1, 0.15) is 37.8 Å². The predicted octanol–water partition coefficient (Wildman–Crippen LogP) is 4.08. The van der Waals surface area contributed by atoms with Crippen molar-refractivity contribution in [2.24, 2.45) is 0 Å². The van der Waals surface area contributed by atoms with Crippen LogP contribution in [0.25, 0.3) is 0 Å². The Hall–Kier alpha value is -0.920. The van der Waals surface area contributed by atoms with Crippen LogP contribution >= 0.6 is 0 Å². The van der Waals surface area contributed by atoms with Gasteiger partial charge in [0.25, 0.3) is 0 Å². The van der Waals surface area contributed by atoms with E-state index in [0.29, 0.717) is 11.5 Å². The topological polar surface area (TPSA) is 0 Å². The number of rotatable bonds is 5. The highest BCUT2D eigenvalue weighted by atomic mass is 19.1. The molecular formula is C13H17F2. The van der Waals surface area contributed by atoms with E-state index in [1.807, 2.05) is 6.07 Å². The fraction of sp³-hybridized carbons (Fsp3) is 0.462. The van der Waals surface area contributed by atoms with Crippen LogP contribution in [0.15, 0.2) is 18.2 Å². The molecule has 0 heterocycles. The maximum absolute atomic E-state index is 13.2. The third-order valence-corrected chi connectivity index (χ3v) is 2.47. The summed E-state index contributed by atoms with van der Waals surface area (Å²) in [5, 5.41) is 0. The lowest BCUT2D eigenvalue weighted by Crippen LogP contribution is -1.99. The highest BCUT2D eigenvalue weighted by Gasteiger charge is 2.08. The molecule has 0 atom stereocenters. The van der Waals surface area contributed by atoms with E-state index in [4.69, 9.17) is 0 Å². The van der Waals surface area contributed by atoms with Crippen LogP contribution < -0.4 is 0 Å². The number of hydrogen-bond donors (Lipinski definition) is 0. The second kappa shape index (κ2) is 5.84. The molecule has 0 fully saturated rings. The molecule has 0 saturated heterocycles. The molecule has 1 aromatic carbocycles. The molecule has 1 radical (unpaired) electrons. The van der Waals surface area contributed by atoms with Crippen molar-refractivity contribution in [1.29, 1.82) is 0 Å². The lowest BCUT2D eigenvalue weighted by Gasteiger charge is -2.09. The molecule has 0 aliphatic carbocycles. The number of hydrogen-bond acceptors (Lipinski definition) is 0. The Morgan fingerprint density at radius 1 is 1.27 bits per heavy atom. The van der Waals surface area contributed by atoms with Crippen molar-refractivity contribution < 1.29 is 8.78 Å². The van der Waals surface area contributed by atoms with E-state index >= 15 is 0 Å². The van der Waals surface area contributed by atoms with Gasteiger partial charge >= 0.3 is 0 Å². The second-order valence-corrected chi connectivity index (χ2v) is 3.87. The highest BCUT2D eigenvalue weighted by Crippen LogP contribution is 2.19. The van der Waals surface area contributed by atoms with Gasteiger partial charge < -0.3 is 0 Å². The lowest BCUT2D eigenvalue weighted by atomic mass is 9.98. The monoisotopic (exact) mass is 211 g/mol. The van der Waals surface area contributed by atoms with E-state index in [2.05, 4.69) is 6.92 Å². The smallest absolute Gasteiger partial charge is 0.123 e. The summed E-state index contributed by atoms with van der Waals surface area (Å²) in [5.74, 6) is 0.318. The maximum Gasteiger partial charge on any atom is 0.123 e. The first-order chi connectivity index (χ1) is 7.17. The third-order valence-electron chi connectivity index (χ3n) is 2.47. The van der Waals surface area contributed by atoms with Crippen molar-refractivity contribution >= 4 is 0 Å². The summed E-state index contributed by atoms with van der Waals surface area (Å²) in [7, 11) is 0. The normalized spacial score (nSPS) is 11.0. The van der Waals surface area contributed by atoms with Crippen molar-refractivity contribution in [2.45, 2.75) is 33.1 Å². The fourth-order valence-electron chi connectivity index (χ4n) is 1.50. The van der Waals surface area contributed by atoms with Gasteiger partial charge in [-0.25, -0.2) is 4.39 Å². The van der Waals surface area contributed by atoms with Gasteiger partial charge in [0, 0.05) is 5.92 Å². The van der Waals surface area contributed by atoms with Crippen molar-refractivity contribution in [3.8, 4) is 0 Å². The molecule has 0 aromatic heterocycles. The van der Waals surface area contributed by atoms with Crippen LogP contribution in [-0.2, 0) is 6.42 Å². The van der Waals surface area contributed by atoms with Crippen LogP contribution in [0.2, 0.25) is 0 Å². The first-order valence-electron chi connectivity index (χ1n) is 5.35. The van der Waals surface area contributed by atoms with E-state index in [1.54, 1.807) is 6.92 Å². The van der Waals surface area contributed by atoms with Crippen LogP contribution in [0, 0.1) is 11.7 Å². The van der Waals surface area contributed by atoms with Gasteiger partial charge in [0.05, 0.1) is 6.67 Å². The molecule has 83 valence electrons. The van der Waals surface area contributed by atoms with Crippen LogP contribution in [0.3, 0.4) is 0 Å². The molecule has 0 saturated carbocycles. The zero-order chi connectivity index (χ0) is 11.3. The van der Waals surface area contributed by atoms with Gasteiger partial charge in [-0.3, -0.25) is 4.39 Å². The Kier molecular flexibility index (Phi) is 4.73. The molecule has 0 aliphatic heterocycles. The molecule has 0 amide bonds. The molecule has 0 unspecified atom stereocenters. The molecule has 0 nitrogen and oxygen atoms in total. The molecule has 0 N–H and O–H groups in total. The molecule has 0 aliphatic rings. The SMILES string of the molecule is CCCCc1cc(F)cc([C](C)CF)c1. The average Bonchev–Trinajstić information content (AvgIpc) is 2.24. The van der Waals surface area contributed by atoms with Gasteiger partial charge in [-0.2, -0.15) is 0 Å². The molecular weight excluding hydrogens is 194 g/mol. The quantitative estimate of drug-likeness (QED) is 0.688. The Bertz CT molecular complexity index is 307. The summed E-state index contributed by atoms with van der Waals surface area (Å²) in [6, 6.07) is 4.81. The van der Waals surface area contributed by atoms with Gasteiger partial charge in [0.2, 0.25) is 0 Å². The van der Waals surface area contributed by atoms with E-state index in [9.17, 15) is 8.78 Å². The molecule has 2 heteroatoms. The van der Waals surface area contributed by atoms with Gasteiger partial charge in [0.1, 0.15) is 5.82 Å². The van der Waals surface area contributed by atoms with E-state index < -0.39 is 6.67 Å². The van der Waals surface area contributed by atoms with E-state index in [1.165, 1.54) is 12.1 Å². The van der Waals surface area contributed by atoms with Crippen molar-refractivity contribution in [1.82, 2.24) is 0 Å². The van der Waals surface area contributed by atoms with Crippen molar-refractivity contribution in [2.75, 3.05) is 6.67 Å². The zero-order valence-electron chi connectivity index (χ0n) is 9.32. The minimum atomic E-state index is -0.517. The zero-order valence-corrected chi connectivity index (χ0v) is 9.32. The maximum atomic E-state index is 13.2. The Labute approximate surface area is 90.3 Å². The minimum absolute atomic E-state index is 0.272. The first-order valence-corrected chi connectivity index (χ1v) is 5.35. The van der Waals surface area contributed by atoms with Crippen LogP contribution in [-0.4, -0.2) is 6.67 Å². The number of alkyl halides is 1. The Balaban J connectivity index is 2.84. The van der Waals surface area contributed by atoms with E-state index in [-0.39, 0.29) is 5.82 Å². The summed E-state index contributed by atoms with van der Waals surface area (Å²) in [6.45, 7) is 3.27. The second-order valence-electron chi connectivity index (χ2n) is 3.87. The Morgan fingerprint density at radius 2 is 2.00 bits per heavy atom. The Morgan fingerprint density at radius 3 is 2.60 bits per heavy atom.